The molecule has 0 unspecified atom stereocenters. The topological polar surface area (TPSA) is 35.8 Å². The zero-order chi connectivity index (χ0) is 22.5. The van der Waals surface area contributed by atoms with Gasteiger partial charge in [-0.25, -0.2) is 0 Å². The van der Waals surface area contributed by atoms with E-state index in [2.05, 4.69) is 28.8 Å². The second-order valence-corrected chi connectivity index (χ2v) is 7.95. The number of oxime groups is 1. The maximum atomic E-state index is 6.31. The summed E-state index contributed by atoms with van der Waals surface area (Å²) in [6.07, 6.45) is 0. The van der Waals surface area contributed by atoms with E-state index in [0.717, 1.165) is 45.2 Å². The molecule has 0 fully saturated rings. The van der Waals surface area contributed by atoms with Gasteiger partial charge in [-0.05, 0) is 55.8 Å². The summed E-state index contributed by atoms with van der Waals surface area (Å²) in [4.78, 5) is 5.64. The van der Waals surface area contributed by atoms with Gasteiger partial charge < -0.3 is 14.1 Å². The van der Waals surface area contributed by atoms with Gasteiger partial charge in [0.2, 0.25) is 0 Å². The molecule has 4 nitrogen and oxygen atoms in total. The lowest BCUT2D eigenvalue weighted by Crippen LogP contribution is -2.02. The molecule has 1 aromatic heterocycles. The van der Waals surface area contributed by atoms with Gasteiger partial charge in [0, 0.05) is 27.5 Å². The normalized spacial score (nSPS) is 11.4. The zero-order valence-corrected chi connectivity index (χ0v) is 19.1. The van der Waals surface area contributed by atoms with Crippen molar-refractivity contribution in [3.05, 3.63) is 107 Å². The molecule has 0 radical (unpaired) electrons. The zero-order valence-electron chi connectivity index (χ0n) is 18.4. The Morgan fingerprint density at radius 2 is 1.72 bits per heavy atom. The number of ether oxygens (including phenoxy) is 1. The molecule has 4 aromatic rings. The molecular formula is C27H25ClN2O2. The monoisotopic (exact) mass is 444 g/mol. The molecule has 0 atom stereocenters. The minimum absolute atomic E-state index is 0.426. The van der Waals surface area contributed by atoms with Gasteiger partial charge in [-0.3, -0.25) is 0 Å². The highest BCUT2D eigenvalue weighted by Gasteiger charge is 2.17. The van der Waals surface area contributed by atoms with E-state index in [9.17, 15) is 0 Å². The maximum absolute atomic E-state index is 6.31. The third-order valence-electron chi connectivity index (χ3n) is 5.34. The van der Waals surface area contributed by atoms with Crippen molar-refractivity contribution >= 4 is 17.3 Å². The van der Waals surface area contributed by atoms with Crippen LogP contribution in [0.25, 0.3) is 16.9 Å². The first-order valence-electron chi connectivity index (χ1n) is 10.4. The Bertz CT molecular complexity index is 1250. The summed E-state index contributed by atoms with van der Waals surface area (Å²) in [6.45, 7) is 4.47. The van der Waals surface area contributed by atoms with Crippen LogP contribution in [-0.4, -0.2) is 17.4 Å². The Morgan fingerprint density at radius 3 is 2.47 bits per heavy atom. The lowest BCUT2D eigenvalue weighted by atomic mass is 10.1. The van der Waals surface area contributed by atoms with Crippen molar-refractivity contribution in [1.29, 1.82) is 0 Å². The summed E-state index contributed by atoms with van der Waals surface area (Å²) < 4.78 is 7.63. The summed E-state index contributed by atoms with van der Waals surface area (Å²) in [5, 5.41) is 5.08. The van der Waals surface area contributed by atoms with E-state index in [1.807, 2.05) is 79.7 Å². The van der Waals surface area contributed by atoms with Crippen molar-refractivity contribution in [2.45, 2.75) is 20.5 Å². The van der Waals surface area contributed by atoms with Crippen LogP contribution >= 0.6 is 11.6 Å². The smallest absolute Gasteiger partial charge is 0.142 e. The molecule has 0 amide bonds. The number of benzene rings is 3. The van der Waals surface area contributed by atoms with E-state index in [1.165, 1.54) is 0 Å². The van der Waals surface area contributed by atoms with E-state index in [0.29, 0.717) is 11.6 Å². The fraction of sp³-hybridized carbons (Fsp3) is 0.148. The second-order valence-electron chi connectivity index (χ2n) is 7.51. The minimum atomic E-state index is 0.426. The van der Waals surface area contributed by atoms with Crippen LogP contribution < -0.4 is 4.74 Å². The van der Waals surface area contributed by atoms with Crippen LogP contribution in [0.1, 0.15) is 23.7 Å². The van der Waals surface area contributed by atoms with Gasteiger partial charge in [0.1, 0.15) is 12.4 Å². The van der Waals surface area contributed by atoms with Crippen LogP contribution in [-0.2, 0) is 11.4 Å². The molecule has 0 saturated carbocycles. The number of rotatable bonds is 7. The van der Waals surface area contributed by atoms with E-state index >= 15 is 0 Å². The second kappa shape index (κ2) is 9.75. The summed E-state index contributed by atoms with van der Waals surface area (Å²) >= 11 is 6.31. The van der Waals surface area contributed by atoms with Gasteiger partial charge in [-0.15, -0.1) is 0 Å². The first-order chi connectivity index (χ1) is 15.6. The Hall–Kier alpha value is -3.50. The predicted octanol–water partition coefficient (Wildman–Crippen LogP) is 7.06. The lowest BCUT2D eigenvalue weighted by molar-refractivity contribution is 0.130. The highest BCUT2D eigenvalue weighted by molar-refractivity contribution is 6.30. The lowest BCUT2D eigenvalue weighted by Gasteiger charge is -2.13. The average Bonchev–Trinajstić information content (AvgIpc) is 3.17. The van der Waals surface area contributed by atoms with E-state index in [-0.39, 0.29) is 0 Å². The molecular weight excluding hydrogens is 420 g/mol. The average molecular weight is 445 g/mol. The van der Waals surface area contributed by atoms with E-state index in [4.69, 9.17) is 21.2 Å². The molecule has 162 valence electrons. The van der Waals surface area contributed by atoms with E-state index in [1.54, 1.807) is 7.11 Å². The van der Waals surface area contributed by atoms with Gasteiger partial charge >= 0.3 is 0 Å². The molecule has 1 heterocycles. The van der Waals surface area contributed by atoms with Crippen molar-refractivity contribution in [1.82, 2.24) is 4.57 Å². The summed E-state index contributed by atoms with van der Waals surface area (Å²) in [5.74, 6) is 0.803. The highest BCUT2D eigenvalue weighted by Crippen LogP contribution is 2.32. The van der Waals surface area contributed by atoms with Crippen LogP contribution in [0.2, 0.25) is 5.02 Å². The van der Waals surface area contributed by atoms with Crippen molar-refractivity contribution in [3.63, 3.8) is 0 Å². The minimum Gasteiger partial charge on any atom is -0.497 e. The Kier molecular flexibility index (Phi) is 6.62. The Balaban J connectivity index is 1.75. The Morgan fingerprint density at radius 1 is 0.938 bits per heavy atom. The quantitative estimate of drug-likeness (QED) is 0.226. The molecule has 3 aromatic carbocycles. The first kappa shape index (κ1) is 21.7. The molecule has 0 saturated heterocycles. The third-order valence-corrected chi connectivity index (χ3v) is 5.58. The van der Waals surface area contributed by atoms with Crippen molar-refractivity contribution in [2.24, 2.45) is 5.16 Å². The third kappa shape index (κ3) is 4.71. The van der Waals surface area contributed by atoms with Gasteiger partial charge in [-0.1, -0.05) is 65.3 Å². The number of halogens is 1. The van der Waals surface area contributed by atoms with Crippen molar-refractivity contribution in [2.75, 3.05) is 7.11 Å². The molecule has 4 rings (SSSR count). The standard InChI is InChI=1S/C27H25ClN2O2/c1-19(29-32-18-21-9-5-4-6-10-21)26-17-27(22-11-7-14-25(15-22)31-3)30(20(26)2)24-13-8-12-23(28)16-24/h4-17H,18H2,1-3H3/b29-19-. The largest absolute Gasteiger partial charge is 0.497 e. The SMILES string of the molecule is COc1cccc(-c2cc(/C(C)=N\OCc3ccccc3)c(C)n2-c2cccc(Cl)c2)c1. The van der Waals surface area contributed by atoms with Crippen molar-refractivity contribution < 1.29 is 9.57 Å². The first-order valence-corrected chi connectivity index (χ1v) is 10.8. The molecule has 0 bridgehead atoms. The molecule has 0 spiro atoms. The van der Waals surface area contributed by atoms with Gasteiger partial charge in [0.15, 0.2) is 0 Å². The number of nitrogens with zero attached hydrogens (tertiary/aromatic N) is 2. The van der Waals surface area contributed by atoms with Crippen molar-refractivity contribution in [3.8, 4) is 22.7 Å². The summed E-state index contributed by atoms with van der Waals surface area (Å²) in [7, 11) is 1.67. The fourth-order valence-corrected chi connectivity index (χ4v) is 3.93. The fourth-order valence-electron chi connectivity index (χ4n) is 3.74. The number of aromatic nitrogens is 1. The summed E-state index contributed by atoms with van der Waals surface area (Å²) in [5.41, 5.74) is 6.99. The molecule has 0 aliphatic carbocycles. The van der Waals surface area contributed by atoms with Gasteiger partial charge in [0.05, 0.1) is 18.5 Å². The number of methoxy groups -OCH3 is 1. The van der Waals surface area contributed by atoms with Gasteiger partial charge in [0.25, 0.3) is 0 Å². The van der Waals surface area contributed by atoms with Crippen LogP contribution in [0.5, 0.6) is 5.75 Å². The summed E-state index contributed by atoms with van der Waals surface area (Å²) in [6, 6.07) is 28.0. The van der Waals surface area contributed by atoms with E-state index < -0.39 is 0 Å². The molecule has 0 aliphatic heterocycles. The maximum Gasteiger partial charge on any atom is 0.142 e. The molecule has 32 heavy (non-hydrogen) atoms. The molecule has 0 aliphatic rings. The number of hydrogen-bond acceptors (Lipinski definition) is 3. The molecule has 0 N–H and O–H groups in total. The Labute approximate surface area is 193 Å². The van der Waals surface area contributed by atoms with Crippen LogP contribution in [0, 0.1) is 6.92 Å². The predicted molar refractivity (Wildman–Crippen MR) is 131 cm³/mol. The van der Waals surface area contributed by atoms with Crippen LogP contribution in [0.4, 0.5) is 0 Å². The number of hydrogen-bond donors (Lipinski definition) is 0. The highest BCUT2D eigenvalue weighted by atomic mass is 35.5. The van der Waals surface area contributed by atoms with Crippen LogP contribution in [0.3, 0.4) is 0 Å². The molecule has 5 heteroatoms. The van der Waals surface area contributed by atoms with Gasteiger partial charge in [-0.2, -0.15) is 0 Å². The van der Waals surface area contributed by atoms with Crippen LogP contribution in [0.15, 0.2) is 90.1 Å².